The standard InChI is InChI=1S/C11H15FN2O2S/c12-8-2-1-3-11(6-8)17(15,16)14-10-5-4-9(13)7-10/h1-3,6,9-10,14H,4-5,7,13H2. The summed E-state index contributed by atoms with van der Waals surface area (Å²) in [5.74, 6) is -0.559. The third-order valence-electron chi connectivity index (χ3n) is 2.90. The van der Waals surface area contributed by atoms with E-state index in [1.807, 2.05) is 0 Å². The Hall–Kier alpha value is -0.980. The first-order valence-electron chi connectivity index (χ1n) is 5.51. The molecule has 1 aliphatic carbocycles. The molecule has 0 aromatic heterocycles. The average molecular weight is 258 g/mol. The molecule has 2 rings (SSSR count). The van der Waals surface area contributed by atoms with E-state index in [1.165, 1.54) is 18.2 Å². The Morgan fingerprint density at radius 1 is 1.35 bits per heavy atom. The highest BCUT2D eigenvalue weighted by atomic mass is 32.2. The number of benzene rings is 1. The van der Waals surface area contributed by atoms with Crippen LogP contribution in [0, 0.1) is 5.82 Å². The molecule has 2 unspecified atom stereocenters. The van der Waals surface area contributed by atoms with Gasteiger partial charge in [-0.25, -0.2) is 17.5 Å². The minimum absolute atomic E-state index is 0.0435. The lowest BCUT2D eigenvalue weighted by atomic mass is 10.2. The fraction of sp³-hybridized carbons (Fsp3) is 0.455. The molecule has 1 aromatic rings. The van der Waals surface area contributed by atoms with Gasteiger partial charge in [-0.05, 0) is 37.5 Å². The summed E-state index contributed by atoms with van der Waals surface area (Å²) in [6.07, 6.45) is 2.18. The number of halogens is 1. The second-order valence-corrected chi connectivity index (χ2v) is 6.06. The Balaban J connectivity index is 2.14. The molecule has 0 radical (unpaired) electrons. The van der Waals surface area contributed by atoms with Crippen LogP contribution in [0.2, 0.25) is 0 Å². The van der Waals surface area contributed by atoms with Gasteiger partial charge < -0.3 is 5.73 Å². The lowest BCUT2D eigenvalue weighted by Gasteiger charge is -2.12. The summed E-state index contributed by atoms with van der Waals surface area (Å²) in [6.45, 7) is 0. The monoisotopic (exact) mass is 258 g/mol. The van der Waals surface area contributed by atoms with E-state index in [-0.39, 0.29) is 17.0 Å². The van der Waals surface area contributed by atoms with E-state index in [0.29, 0.717) is 6.42 Å². The second-order valence-electron chi connectivity index (χ2n) is 4.35. The number of nitrogens with one attached hydrogen (secondary N) is 1. The Morgan fingerprint density at radius 3 is 2.71 bits per heavy atom. The molecular formula is C11H15FN2O2S. The SMILES string of the molecule is NC1CCC(NS(=O)(=O)c2cccc(F)c2)C1. The van der Waals surface area contributed by atoms with E-state index >= 15 is 0 Å². The van der Waals surface area contributed by atoms with Crippen molar-refractivity contribution in [1.82, 2.24) is 4.72 Å². The largest absolute Gasteiger partial charge is 0.328 e. The van der Waals surface area contributed by atoms with Crippen LogP contribution in [0.15, 0.2) is 29.2 Å². The fourth-order valence-electron chi connectivity index (χ4n) is 2.05. The highest BCUT2D eigenvalue weighted by molar-refractivity contribution is 7.89. The molecule has 0 amide bonds. The number of hydrogen-bond acceptors (Lipinski definition) is 3. The maximum atomic E-state index is 13.0. The van der Waals surface area contributed by atoms with Crippen LogP contribution >= 0.6 is 0 Å². The lowest BCUT2D eigenvalue weighted by molar-refractivity contribution is 0.547. The highest BCUT2D eigenvalue weighted by Crippen LogP contribution is 2.20. The average Bonchev–Trinajstić information content (AvgIpc) is 2.63. The van der Waals surface area contributed by atoms with Gasteiger partial charge in [0.15, 0.2) is 0 Å². The van der Waals surface area contributed by atoms with E-state index in [9.17, 15) is 12.8 Å². The minimum Gasteiger partial charge on any atom is -0.328 e. The van der Waals surface area contributed by atoms with Crippen molar-refractivity contribution < 1.29 is 12.8 Å². The molecule has 2 atom stereocenters. The topological polar surface area (TPSA) is 72.2 Å². The molecule has 1 saturated carbocycles. The third kappa shape index (κ3) is 3.02. The van der Waals surface area contributed by atoms with Gasteiger partial charge in [-0.1, -0.05) is 6.07 Å². The van der Waals surface area contributed by atoms with Gasteiger partial charge in [0.1, 0.15) is 5.82 Å². The summed E-state index contributed by atoms with van der Waals surface area (Å²) in [6, 6.07) is 4.89. The van der Waals surface area contributed by atoms with Crippen LogP contribution in [0.3, 0.4) is 0 Å². The van der Waals surface area contributed by atoms with Gasteiger partial charge in [0.25, 0.3) is 0 Å². The predicted molar refractivity (Wildman–Crippen MR) is 62.3 cm³/mol. The van der Waals surface area contributed by atoms with Crippen molar-refractivity contribution in [2.45, 2.75) is 36.2 Å². The molecule has 4 nitrogen and oxygen atoms in total. The van der Waals surface area contributed by atoms with E-state index in [4.69, 9.17) is 5.73 Å². The smallest absolute Gasteiger partial charge is 0.240 e. The summed E-state index contributed by atoms with van der Waals surface area (Å²) in [7, 11) is -3.64. The van der Waals surface area contributed by atoms with Crippen molar-refractivity contribution in [3.05, 3.63) is 30.1 Å². The van der Waals surface area contributed by atoms with Gasteiger partial charge in [0.2, 0.25) is 10.0 Å². The second kappa shape index (κ2) is 4.72. The molecule has 0 saturated heterocycles. The first kappa shape index (κ1) is 12.5. The quantitative estimate of drug-likeness (QED) is 0.849. The van der Waals surface area contributed by atoms with Crippen LogP contribution in [-0.4, -0.2) is 20.5 Å². The van der Waals surface area contributed by atoms with E-state index < -0.39 is 15.8 Å². The zero-order chi connectivity index (χ0) is 12.5. The molecule has 0 bridgehead atoms. The Kier molecular flexibility index (Phi) is 3.46. The molecule has 17 heavy (non-hydrogen) atoms. The maximum absolute atomic E-state index is 13.0. The zero-order valence-electron chi connectivity index (χ0n) is 9.27. The zero-order valence-corrected chi connectivity index (χ0v) is 10.1. The van der Waals surface area contributed by atoms with Crippen molar-refractivity contribution in [3.8, 4) is 0 Å². The molecular weight excluding hydrogens is 243 g/mol. The van der Waals surface area contributed by atoms with Crippen LogP contribution in [0.5, 0.6) is 0 Å². The third-order valence-corrected chi connectivity index (χ3v) is 4.42. The van der Waals surface area contributed by atoms with Gasteiger partial charge in [0.05, 0.1) is 4.90 Å². The molecule has 1 fully saturated rings. The molecule has 3 N–H and O–H groups in total. The Labute approximate surface area is 100 Å². The van der Waals surface area contributed by atoms with E-state index in [2.05, 4.69) is 4.72 Å². The van der Waals surface area contributed by atoms with Crippen LogP contribution in [0.4, 0.5) is 4.39 Å². The number of rotatable bonds is 3. The molecule has 6 heteroatoms. The van der Waals surface area contributed by atoms with Crippen molar-refractivity contribution in [1.29, 1.82) is 0 Å². The number of sulfonamides is 1. The van der Waals surface area contributed by atoms with Gasteiger partial charge in [-0.3, -0.25) is 0 Å². The maximum Gasteiger partial charge on any atom is 0.240 e. The van der Waals surface area contributed by atoms with Crippen LogP contribution in [-0.2, 0) is 10.0 Å². The molecule has 94 valence electrons. The van der Waals surface area contributed by atoms with Crippen LogP contribution in [0.25, 0.3) is 0 Å². The summed E-state index contributed by atoms with van der Waals surface area (Å²) in [4.78, 5) is -0.0435. The summed E-state index contributed by atoms with van der Waals surface area (Å²) < 4.78 is 39.4. The predicted octanol–water partition coefficient (Wildman–Crippen LogP) is 0.984. The lowest BCUT2D eigenvalue weighted by Crippen LogP contribution is -2.34. The van der Waals surface area contributed by atoms with E-state index in [1.54, 1.807) is 0 Å². The molecule has 0 aliphatic heterocycles. The minimum atomic E-state index is -3.64. The summed E-state index contributed by atoms with van der Waals surface area (Å²) >= 11 is 0. The summed E-state index contributed by atoms with van der Waals surface area (Å²) in [5.41, 5.74) is 5.71. The first-order valence-corrected chi connectivity index (χ1v) is 6.99. The number of nitrogens with two attached hydrogens (primary N) is 1. The van der Waals surface area contributed by atoms with Gasteiger partial charge in [-0.15, -0.1) is 0 Å². The highest BCUT2D eigenvalue weighted by Gasteiger charge is 2.26. The van der Waals surface area contributed by atoms with E-state index in [0.717, 1.165) is 18.9 Å². The Bertz CT molecular complexity index is 504. The van der Waals surface area contributed by atoms with Gasteiger partial charge in [0, 0.05) is 12.1 Å². The molecule has 0 spiro atoms. The molecule has 1 aliphatic rings. The molecule has 1 aromatic carbocycles. The fourth-order valence-corrected chi connectivity index (χ4v) is 3.36. The normalized spacial score (nSPS) is 25.1. The van der Waals surface area contributed by atoms with Crippen molar-refractivity contribution >= 4 is 10.0 Å². The summed E-state index contributed by atoms with van der Waals surface area (Å²) in [5, 5.41) is 0. The first-order chi connectivity index (χ1) is 7.97. The van der Waals surface area contributed by atoms with Gasteiger partial charge >= 0.3 is 0 Å². The van der Waals surface area contributed by atoms with Crippen LogP contribution < -0.4 is 10.5 Å². The Morgan fingerprint density at radius 2 is 2.12 bits per heavy atom. The van der Waals surface area contributed by atoms with Crippen LogP contribution in [0.1, 0.15) is 19.3 Å². The molecule has 0 heterocycles. The van der Waals surface area contributed by atoms with Crippen molar-refractivity contribution in [2.75, 3.05) is 0 Å². The van der Waals surface area contributed by atoms with Gasteiger partial charge in [-0.2, -0.15) is 0 Å². The van der Waals surface area contributed by atoms with Crippen molar-refractivity contribution in [3.63, 3.8) is 0 Å². The number of hydrogen-bond donors (Lipinski definition) is 2. The van der Waals surface area contributed by atoms with Crippen molar-refractivity contribution in [2.24, 2.45) is 5.73 Å².